The number of benzene rings is 1. The van der Waals surface area contributed by atoms with Gasteiger partial charge in [-0.15, -0.1) is 0 Å². The molecule has 1 aromatic rings. The SMILES string of the molecule is COc1cc(N)c(Cl)cc1C(=O)NCC1CCN(C(=O)C(F)(F)F)CC1. The van der Waals surface area contributed by atoms with Crippen LogP contribution >= 0.6 is 11.6 Å². The first-order valence-electron chi connectivity index (χ1n) is 7.90. The molecule has 0 spiro atoms. The number of piperidine rings is 1. The molecule has 0 saturated carbocycles. The number of ether oxygens (including phenoxy) is 1. The molecule has 144 valence electrons. The van der Waals surface area contributed by atoms with Crippen molar-refractivity contribution in [2.24, 2.45) is 5.92 Å². The average Bonchev–Trinajstić information content (AvgIpc) is 2.60. The minimum Gasteiger partial charge on any atom is -0.496 e. The van der Waals surface area contributed by atoms with E-state index in [1.165, 1.54) is 19.2 Å². The molecule has 1 aliphatic rings. The third kappa shape index (κ3) is 4.72. The Bertz CT molecular complexity index is 689. The summed E-state index contributed by atoms with van der Waals surface area (Å²) in [5.74, 6) is -1.99. The van der Waals surface area contributed by atoms with Gasteiger partial charge in [0.25, 0.3) is 5.91 Å². The van der Waals surface area contributed by atoms with Crippen LogP contribution in [0, 0.1) is 5.92 Å². The quantitative estimate of drug-likeness (QED) is 0.770. The first-order chi connectivity index (χ1) is 12.1. The summed E-state index contributed by atoms with van der Waals surface area (Å²) in [6.45, 7) is 0.295. The molecular formula is C16H19ClF3N3O3. The van der Waals surface area contributed by atoms with E-state index >= 15 is 0 Å². The Morgan fingerprint density at radius 1 is 1.35 bits per heavy atom. The predicted molar refractivity (Wildman–Crippen MR) is 90.1 cm³/mol. The maximum absolute atomic E-state index is 12.4. The van der Waals surface area contributed by atoms with Crippen LogP contribution in [0.4, 0.5) is 18.9 Å². The number of nitrogens with one attached hydrogen (secondary N) is 1. The highest BCUT2D eigenvalue weighted by Crippen LogP contribution is 2.29. The molecule has 1 aliphatic heterocycles. The Balaban J connectivity index is 1.90. The maximum Gasteiger partial charge on any atom is 0.471 e. The Morgan fingerprint density at radius 3 is 2.50 bits per heavy atom. The largest absolute Gasteiger partial charge is 0.496 e. The van der Waals surface area contributed by atoms with Gasteiger partial charge in [0, 0.05) is 25.7 Å². The molecular weight excluding hydrogens is 375 g/mol. The van der Waals surface area contributed by atoms with Crippen LogP contribution in [0.2, 0.25) is 5.02 Å². The topological polar surface area (TPSA) is 84.7 Å². The fraction of sp³-hybridized carbons (Fsp3) is 0.500. The number of hydrogen-bond donors (Lipinski definition) is 2. The molecule has 2 rings (SSSR count). The number of anilines is 1. The summed E-state index contributed by atoms with van der Waals surface area (Å²) in [4.78, 5) is 24.3. The van der Waals surface area contributed by atoms with Crippen molar-refractivity contribution in [1.82, 2.24) is 10.2 Å². The van der Waals surface area contributed by atoms with Crippen molar-refractivity contribution in [2.75, 3.05) is 32.5 Å². The van der Waals surface area contributed by atoms with Gasteiger partial charge >= 0.3 is 12.1 Å². The highest BCUT2D eigenvalue weighted by Gasteiger charge is 2.43. The van der Waals surface area contributed by atoms with Gasteiger partial charge in [-0.2, -0.15) is 13.2 Å². The number of halogens is 4. The Labute approximate surface area is 153 Å². The van der Waals surface area contributed by atoms with Crippen LogP contribution in [0.25, 0.3) is 0 Å². The van der Waals surface area contributed by atoms with Crippen molar-refractivity contribution in [1.29, 1.82) is 0 Å². The van der Waals surface area contributed by atoms with Crippen LogP contribution in [0.15, 0.2) is 12.1 Å². The Hall–Kier alpha value is -2.16. The van der Waals surface area contributed by atoms with Crippen LogP contribution in [-0.4, -0.2) is 49.6 Å². The van der Waals surface area contributed by atoms with E-state index in [1.54, 1.807) is 0 Å². The lowest BCUT2D eigenvalue weighted by Gasteiger charge is -2.32. The highest BCUT2D eigenvalue weighted by molar-refractivity contribution is 6.33. The minimum absolute atomic E-state index is 0.00982. The first kappa shape index (κ1) is 20.2. The number of nitrogen functional groups attached to an aromatic ring is 1. The lowest BCUT2D eigenvalue weighted by atomic mass is 9.96. The van der Waals surface area contributed by atoms with Gasteiger partial charge in [-0.05, 0) is 24.8 Å². The Morgan fingerprint density at radius 2 is 1.96 bits per heavy atom. The molecule has 2 amide bonds. The number of methoxy groups -OCH3 is 1. The summed E-state index contributed by atoms with van der Waals surface area (Å²) < 4.78 is 42.4. The molecule has 1 saturated heterocycles. The van der Waals surface area contributed by atoms with Crippen LogP contribution in [0.5, 0.6) is 5.75 Å². The van der Waals surface area contributed by atoms with Crippen molar-refractivity contribution in [3.63, 3.8) is 0 Å². The monoisotopic (exact) mass is 393 g/mol. The van der Waals surface area contributed by atoms with Crippen molar-refractivity contribution in [3.05, 3.63) is 22.7 Å². The maximum atomic E-state index is 12.4. The summed E-state index contributed by atoms with van der Waals surface area (Å²) in [5.41, 5.74) is 6.17. The van der Waals surface area contributed by atoms with Crippen molar-refractivity contribution in [2.45, 2.75) is 19.0 Å². The number of alkyl halides is 3. The van der Waals surface area contributed by atoms with Gasteiger partial charge in [0.05, 0.1) is 23.4 Å². The highest BCUT2D eigenvalue weighted by atomic mass is 35.5. The predicted octanol–water partition coefficient (Wildman–Crippen LogP) is 2.46. The molecule has 0 radical (unpaired) electrons. The van der Waals surface area contributed by atoms with Gasteiger partial charge in [-0.3, -0.25) is 9.59 Å². The van der Waals surface area contributed by atoms with Crippen LogP contribution in [0.3, 0.4) is 0 Å². The van der Waals surface area contributed by atoms with Gasteiger partial charge in [0.1, 0.15) is 5.75 Å². The number of carbonyl (C=O) groups excluding carboxylic acids is 2. The summed E-state index contributed by atoms with van der Waals surface area (Å²) in [6.07, 6.45) is -4.10. The second-order valence-electron chi connectivity index (χ2n) is 6.02. The number of likely N-dealkylation sites (tertiary alicyclic amines) is 1. The number of carbonyl (C=O) groups is 2. The van der Waals surface area contributed by atoms with Gasteiger partial charge in [0.2, 0.25) is 0 Å². The zero-order valence-corrected chi connectivity index (χ0v) is 14.8. The zero-order valence-electron chi connectivity index (χ0n) is 14.0. The summed E-state index contributed by atoms with van der Waals surface area (Å²) in [6, 6.07) is 2.84. The number of rotatable bonds is 4. The molecule has 1 fully saturated rings. The number of amides is 2. The third-order valence-corrected chi connectivity index (χ3v) is 4.59. The normalized spacial score (nSPS) is 15.7. The summed E-state index contributed by atoms with van der Waals surface area (Å²) >= 11 is 5.93. The molecule has 0 bridgehead atoms. The van der Waals surface area contributed by atoms with Crippen LogP contribution in [-0.2, 0) is 4.79 Å². The smallest absolute Gasteiger partial charge is 0.471 e. The molecule has 10 heteroatoms. The fourth-order valence-electron chi connectivity index (χ4n) is 2.77. The van der Waals surface area contributed by atoms with Crippen molar-refractivity contribution >= 4 is 29.1 Å². The van der Waals surface area contributed by atoms with Crippen LogP contribution < -0.4 is 15.8 Å². The molecule has 1 aromatic carbocycles. The molecule has 0 aliphatic carbocycles. The lowest BCUT2D eigenvalue weighted by molar-refractivity contribution is -0.186. The molecule has 0 unspecified atom stereocenters. The zero-order chi connectivity index (χ0) is 19.5. The van der Waals surface area contributed by atoms with Gasteiger partial charge < -0.3 is 20.7 Å². The van der Waals surface area contributed by atoms with E-state index < -0.39 is 18.0 Å². The molecule has 1 heterocycles. The van der Waals surface area contributed by atoms with Gasteiger partial charge in [-0.1, -0.05) is 11.6 Å². The second-order valence-corrected chi connectivity index (χ2v) is 6.42. The molecule has 26 heavy (non-hydrogen) atoms. The van der Waals surface area contributed by atoms with Gasteiger partial charge in [-0.25, -0.2) is 0 Å². The Kier molecular flexibility index (Phi) is 6.22. The van der Waals surface area contributed by atoms with E-state index in [9.17, 15) is 22.8 Å². The molecule has 0 atom stereocenters. The van der Waals surface area contributed by atoms with E-state index in [1.807, 2.05) is 0 Å². The molecule has 3 N–H and O–H groups in total. The summed E-state index contributed by atoms with van der Waals surface area (Å²) in [5, 5.41) is 2.94. The van der Waals surface area contributed by atoms with Crippen LogP contribution in [0.1, 0.15) is 23.2 Å². The minimum atomic E-state index is -4.86. The van der Waals surface area contributed by atoms with E-state index in [2.05, 4.69) is 5.32 Å². The average molecular weight is 394 g/mol. The summed E-state index contributed by atoms with van der Waals surface area (Å²) in [7, 11) is 1.40. The van der Waals surface area contributed by atoms with Crippen molar-refractivity contribution < 1.29 is 27.5 Å². The standard InChI is InChI=1S/C16H19ClF3N3O3/c1-26-13-7-12(21)11(17)6-10(13)14(24)22-8-9-2-4-23(5-3-9)15(25)16(18,19)20/h6-7,9H,2-5,8,21H2,1H3,(H,22,24). The van der Waals surface area contributed by atoms with Gasteiger partial charge in [0.15, 0.2) is 0 Å². The molecule has 6 nitrogen and oxygen atoms in total. The first-order valence-corrected chi connectivity index (χ1v) is 8.28. The third-order valence-electron chi connectivity index (χ3n) is 4.26. The number of nitrogens with zero attached hydrogens (tertiary/aromatic N) is 1. The van der Waals surface area contributed by atoms with E-state index in [0.717, 1.165) is 4.90 Å². The fourth-order valence-corrected chi connectivity index (χ4v) is 2.93. The van der Waals surface area contributed by atoms with Crippen molar-refractivity contribution in [3.8, 4) is 5.75 Å². The van der Waals surface area contributed by atoms with E-state index in [0.29, 0.717) is 12.8 Å². The second kappa shape index (κ2) is 8.03. The lowest BCUT2D eigenvalue weighted by Crippen LogP contribution is -2.46. The molecule has 0 aromatic heterocycles. The van der Waals surface area contributed by atoms with E-state index in [-0.39, 0.29) is 47.6 Å². The number of hydrogen-bond acceptors (Lipinski definition) is 4. The van der Waals surface area contributed by atoms with E-state index in [4.69, 9.17) is 22.1 Å². The number of nitrogens with two attached hydrogens (primary N) is 1.